The molecule has 0 N–H and O–H groups in total. The van der Waals surface area contributed by atoms with Crippen molar-refractivity contribution in [3.8, 4) is 11.6 Å². The normalized spacial score (nSPS) is 12.5. The van der Waals surface area contributed by atoms with E-state index in [0.29, 0.717) is 17.6 Å². The Morgan fingerprint density at radius 1 is 0.794 bits per heavy atom. The van der Waals surface area contributed by atoms with E-state index in [1.54, 1.807) is 38.1 Å². The van der Waals surface area contributed by atoms with E-state index < -0.39 is 29.0 Å². The van der Waals surface area contributed by atoms with Gasteiger partial charge in [0.25, 0.3) is 0 Å². The van der Waals surface area contributed by atoms with E-state index in [1.165, 1.54) is 12.1 Å². The van der Waals surface area contributed by atoms with Gasteiger partial charge in [-0.2, -0.15) is 31.4 Å². The first-order valence-electron chi connectivity index (χ1n) is 9.48. The molecule has 0 amide bonds. The standard InChI is InChI=1S/C21H15F6N6.Pt/c1-19(2,14-5-3-7-17(29-14)32-10-9-16(31-32)21(25,26)27)15-6-4-8-18(30-15)33-12-13(11-28-33)20(22,23)24;/h3-9,11-12H,1-2H3;/q-1;. The summed E-state index contributed by atoms with van der Waals surface area (Å²) in [6.45, 7) is 3.56. The smallest absolute Gasteiger partial charge is 0.343 e. The number of hydrogen-bond acceptors (Lipinski definition) is 4. The summed E-state index contributed by atoms with van der Waals surface area (Å²) < 4.78 is 79.2. The first-order valence-corrected chi connectivity index (χ1v) is 9.48. The van der Waals surface area contributed by atoms with Crippen LogP contribution in [0, 0.1) is 6.20 Å². The molecule has 13 heteroatoms. The zero-order valence-corrected chi connectivity index (χ0v) is 19.7. The molecule has 0 fully saturated rings. The Morgan fingerprint density at radius 2 is 1.38 bits per heavy atom. The van der Waals surface area contributed by atoms with Crippen LogP contribution >= 0.6 is 0 Å². The van der Waals surface area contributed by atoms with Crippen LogP contribution < -0.4 is 0 Å². The second-order valence-corrected chi connectivity index (χ2v) is 7.63. The molecule has 0 aliphatic carbocycles. The Hall–Kier alpha value is -3.01. The van der Waals surface area contributed by atoms with Gasteiger partial charge < -0.3 is 4.68 Å². The minimum atomic E-state index is -4.61. The number of nitrogens with zero attached hydrogens (tertiary/aromatic N) is 6. The van der Waals surface area contributed by atoms with Gasteiger partial charge in [-0.15, -0.1) is 6.07 Å². The maximum atomic E-state index is 12.9. The van der Waals surface area contributed by atoms with Crippen LogP contribution in [0.4, 0.5) is 26.3 Å². The van der Waals surface area contributed by atoms with Crippen LogP contribution in [-0.4, -0.2) is 29.5 Å². The fraction of sp³-hybridized carbons (Fsp3) is 0.238. The van der Waals surface area contributed by atoms with Crippen LogP contribution in [0.5, 0.6) is 0 Å². The zero-order chi connectivity index (χ0) is 24.0. The van der Waals surface area contributed by atoms with E-state index in [2.05, 4.69) is 26.4 Å². The van der Waals surface area contributed by atoms with Crippen LogP contribution in [0.15, 0.2) is 54.9 Å². The van der Waals surface area contributed by atoms with E-state index in [9.17, 15) is 26.3 Å². The minimum absolute atomic E-state index is 0. The van der Waals surface area contributed by atoms with E-state index in [4.69, 9.17) is 0 Å². The van der Waals surface area contributed by atoms with E-state index in [0.717, 1.165) is 21.6 Å². The topological polar surface area (TPSA) is 61.4 Å². The van der Waals surface area contributed by atoms with Gasteiger partial charge in [-0.25, -0.2) is 9.67 Å². The summed E-state index contributed by atoms with van der Waals surface area (Å²) >= 11 is 0. The van der Waals surface area contributed by atoms with Crippen LogP contribution in [0.3, 0.4) is 0 Å². The summed E-state index contributed by atoms with van der Waals surface area (Å²) in [4.78, 5) is 8.86. The summed E-state index contributed by atoms with van der Waals surface area (Å²) in [5.74, 6) is 0.289. The van der Waals surface area contributed by atoms with Gasteiger partial charge in [0, 0.05) is 38.4 Å². The minimum Gasteiger partial charge on any atom is -0.343 e. The molecule has 4 aromatic heterocycles. The Bertz CT molecular complexity index is 1190. The molecule has 0 unspecified atom stereocenters. The molecule has 4 heterocycles. The third-order valence-electron chi connectivity index (χ3n) is 4.93. The first kappa shape index (κ1) is 25.6. The molecule has 4 rings (SSSR count). The molecule has 0 saturated carbocycles. The monoisotopic (exact) mass is 660 g/mol. The fourth-order valence-corrected chi connectivity index (χ4v) is 3.06. The summed E-state index contributed by atoms with van der Waals surface area (Å²) in [6, 6.07) is 10.3. The average Bonchev–Trinajstić information content (AvgIpc) is 3.44. The van der Waals surface area contributed by atoms with Gasteiger partial charge in [-0.3, -0.25) is 10.1 Å². The maximum Gasteiger partial charge on any atom is 0.419 e. The summed E-state index contributed by atoms with van der Waals surface area (Å²) in [5, 5.41) is 7.21. The predicted octanol–water partition coefficient (Wildman–Crippen LogP) is 5.01. The average molecular weight is 660 g/mol. The molecule has 4 aromatic rings. The van der Waals surface area contributed by atoms with Crippen molar-refractivity contribution < 1.29 is 47.4 Å². The number of pyridine rings is 2. The second kappa shape index (κ2) is 8.98. The summed E-state index contributed by atoms with van der Waals surface area (Å²) in [5.41, 5.74) is -1.93. The molecule has 0 spiro atoms. The predicted molar refractivity (Wildman–Crippen MR) is 104 cm³/mol. The maximum absolute atomic E-state index is 12.9. The van der Waals surface area contributed by atoms with Crippen molar-refractivity contribution in [2.75, 3.05) is 0 Å². The molecule has 0 aliphatic rings. The van der Waals surface area contributed by atoms with Gasteiger partial charge in [0.2, 0.25) is 0 Å². The molecular weight excluding hydrogens is 645 g/mol. The van der Waals surface area contributed by atoms with Crippen LogP contribution in [-0.2, 0) is 38.8 Å². The molecule has 0 saturated heterocycles. The number of hydrogen-bond donors (Lipinski definition) is 0. The molecule has 0 bridgehead atoms. The SMILES string of the molecule is CC(C)(c1cccc(-n2[c-]cc(C(F)(F)F)n2)n1)c1cccc(-n2cc(C(F)(F)F)cn2)n1.[Pt]. The number of aromatic nitrogens is 6. The van der Waals surface area contributed by atoms with Crippen molar-refractivity contribution in [3.05, 3.63) is 83.7 Å². The molecule has 34 heavy (non-hydrogen) atoms. The number of alkyl halides is 6. The third kappa shape index (κ3) is 5.06. The van der Waals surface area contributed by atoms with Crippen molar-refractivity contribution >= 4 is 0 Å². The van der Waals surface area contributed by atoms with Crippen molar-refractivity contribution in [1.29, 1.82) is 0 Å². The molecule has 0 atom stereocenters. The summed E-state index contributed by atoms with van der Waals surface area (Å²) in [7, 11) is 0. The van der Waals surface area contributed by atoms with E-state index in [-0.39, 0.29) is 32.7 Å². The van der Waals surface area contributed by atoms with Crippen molar-refractivity contribution in [3.63, 3.8) is 0 Å². The van der Waals surface area contributed by atoms with Gasteiger partial charge in [0.1, 0.15) is 0 Å². The molecule has 0 aliphatic heterocycles. The Balaban J connectivity index is 0.00000324. The largest absolute Gasteiger partial charge is 0.419 e. The molecule has 6 nitrogen and oxygen atoms in total. The first-order chi connectivity index (χ1) is 15.4. The van der Waals surface area contributed by atoms with Gasteiger partial charge in [0.05, 0.1) is 29.0 Å². The molecule has 0 radical (unpaired) electrons. The third-order valence-corrected chi connectivity index (χ3v) is 4.93. The second-order valence-electron chi connectivity index (χ2n) is 7.63. The Morgan fingerprint density at radius 3 is 1.91 bits per heavy atom. The van der Waals surface area contributed by atoms with Crippen LogP contribution in [0.1, 0.15) is 36.5 Å². The molecular formula is C21H15F6N6Pt-. The number of rotatable bonds is 4. The van der Waals surface area contributed by atoms with Gasteiger partial charge in [0.15, 0.2) is 5.82 Å². The fourth-order valence-electron chi connectivity index (χ4n) is 3.06. The summed E-state index contributed by atoms with van der Waals surface area (Å²) in [6.07, 6.45) is -5.20. The Kier molecular flexibility index (Phi) is 6.76. The Labute approximate surface area is 203 Å². The van der Waals surface area contributed by atoms with Crippen LogP contribution in [0.25, 0.3) is 11.6 Å². The van der Waals surface area contributed by atoms with Crippen molar-refractivity contribution in [2.45, 2.75) is 31.6 Å². The zero-order valence-electron chi connectivity index (χ0n) is 17.5. The molecule has 0 aromatic carbocycles. The molecule has 182 valence electrons. The van der Waals surface area contributed by atoms with E-state index >= 15 is 0 Å². The van der Waals surface area contributed by atoms with Gasteiger partial charge in [-0.05, 0) is 32.0 Å². The van der Waals surface area contributed by atoms with Crippen molar-refractivity contribution in [2.24, 2.45) is 0 Å². The quantitative estimate of drug-likeness (QED) is 0.228. The van der Waals surface area contributed by atoms with Crippen molar-refractivity contribution in [1.82, 2.24) is 29.5 Å². The number of halogens is 6. The van der Waals surface area contributed by atoms with Crippen LogP contribution in [0.2, 0.25) is 0 Å². The van der Waals surface area contributed by atoms with Gasteiger partial charge >= 0.3 is 12.4 Å². The van der Waals surface area contributed by atoms with E-state index in [1.807, 2.05) is 0 Å². The van der Waals surface area contributed by atoms with Gasteiger partial charge in [-0.1, -0.05) is 24.4 Å².